The normalized spacial score (nSPS) is 20.1. The lowest BCUT2D eigenvalue weighted by Crippen LogP contribution is -2.30. The summed E-state index contributed by atoms with van der Waals surface area (Å²) in [5.41, 5.74) is 1.04. The highest BCUT2D eigenvalue weighted by atomic mass is 35.5. The molecule has 0 N–H and O–H groups in total. The molecule has 1 aliphatic rings. The fourth-order valence-corrected chi connectivity index (χ4v) is 2.09. The van der Waals surface area contributed by atoms with Gasteiger partial charge in [0.25, 0.3) is 0 Å². The van der Waals surface area contributed by atoms with E-state index in [4.69, 9.17) is 16.3 Å². The number of halogens is 1. The van der Waals surface area contributed by atoms with Gasteiger partial charge in [-0.1, -0.05) is 25.4 Å². The minimum atomic E-state index is -0.316. The number of carbonyl (C=O) groups is 1. The molecule has 0 aliphatic carbocycles. The Balaban J connectivity index is 2.14. The first kappa shape index (κ1) is 11.5. The molecule has 0 aromatic heterocycles. The van der Waals surface area contributed by atoms with Crippen LogP contribution in [0.25, 0.3) is 0 Å². The molecule has 2 atom stereocenters. The van der Waals surface area contributed by atoms with Gasteiger partial charge in [0.05, 0.1) is 0 Å². The SMILES string of the molecule is CCC(C)C(=O)C1Cc2cc(Cl)ccc2O1. The van der Waals surface area contributed by atoms with Crippen LogP contribution in [0.2, 0.25) is 5.02 Å². The Hall–Kier alpha value is -1.02. The molecular formula is C13H15ClO2. The number of benzene rings is 1. The monoisotopic (exact) mass is 238 g/mol. The van der Waals surface area contributed by atoms with E-state index in [1.807, 2.05) is 26.0 Å². The molecule has 1 aromatic rings. The molecule has 3 heteroatoms. The van der Waals surface area contributed by atoms with Crippen LogP contribution in [-0.2, 0) is 11.2 Å². The van der Waals surface area contributed by atoms with Crippen LogP contribution in [0.15, 0.2) is 18.2 Å². The molecule has 2 nitrogen and oxygen atoms in total. The van der Waals surface area contributed by atoms with E-state index in [-0.39, 0.29) is 17.8 Å². The van der Waals surface area contributed by atoms with E-state index in [2.05, 4.69) is 0 Å². The van der Waals surface area contributed by atoms with Crippen molar-refractivity contribution in [1.82, 2.24) is 0 Å². The molecule has 0 fully saturated rings. The highest BCUT2D eigenvalue weighted by molar-refractivity contribution is 6.30. The van der Waals surface area contributed by atoms with E-state index in [9.17, 15) is 4.79 Å². The van der Waals surface area contributed by atoms with Crippen LogP contribution in [0.3, 0.4) is 0 Å². The van der Waals surface area contributed by atoms with Gasteiger partial charge in [0, 0.05) is 17.4 Å². The number of rotatable bonds is 3. The van der Waals surface area contributed by atoms with Crippen LogP contribution in [0, 0.1) is 5.92 Å². The lowest BCUT2D eigenvalue weighted by molar-refractivity contribution is -0.128. The van der Waals surface area contributed by atoms with Gasteiger partial charge in [-0.3, -0.25) is 4.79 Å². The smallest absolute Gasteiger partial charge is 0.176 e. The maximum absolute atomic E-state index is 12.0. The Labute approximate surface area is 101 Å². The molecule has 2 rings (SSSR count). The van der Waals surface area contributed by atoms with Crippen LogP contribution >= 0.6 is 11.6 Å². The van der Waals surface area contributed by atoms with Crippen LogP contribution in [-0.4, -0.2) is 11.9 Å². The van der Waals surface area contributed by atoms with Crippen molar-refractivity contribution >= 4 is 17.4 Å². The zero-order valence-corrected chi connectivity index (χ0v) is 10.3. The molecule has 0 spiro atoms. The summed E-state index contributed by atoms with van der Waals surface area (Å²) >= 11 is 5.90. The van der Waals surface area contributed by atoms with E-state index in [1.165, 1.54) is 0 Å². The third kappa shape index (κ3) is 2.07. The van der Waals surface area contributed by atoms with Crippen LogP contribution in [0.5, 0.6) is 5.75 Å². The molecule has 0 saturated carbocycles. The van der Waals surface area contributed by atoms with E-state index in [1.54, 1.807) is 6.07 Å². The van der Waals surface area contributed by atoms with Gasteiger partial charge in [0.1, 0.15) is 5.75 Å². The minimum Gasteiger partial charge on any atom is -0.482 e. The molecule has 0 amide bonds. The van der Waals surface area contributed by atoms with Gasteiger partial charge in [-0.15, -0.1) is 0 Å². The molecule has 0 radical (unpaired) electrons. The summed E-state index contributed by atoms with van der Waals surface area (Å²) in [6.45, 7) is 3.96. The second kappa shape index (κ2) is 4.46. The zero-order valence-electron chi connectivity index (χ0n) is 9.50. The number of hydrogen-bond acceptors (Lipinski definition) is 2. The molecule has 1 aromatic carbocycles. The van der Waals surface area contributed by atoms with Crippen molar-refractivity contribution in [2.75, 3.05) is 0 Å². The maximum atomic E-state index is 12.0. The molecular weight excluding hydrogens is 224 g/mol. The summed E-state index contributed by atoms with van der Waals surface area (Å²) in [6.07, 6.45) is 1.19. The molecule has 1 heterocycles. The highest BCUT2D eigenvalue weighted by Crippen LogP contribution is 2.32. The summed E-state index contributed by atoms with van der Waals surface area (Å²) in [5, 5.41) is 0.694. The van der Waals surface area contributed by atoms with Gasteiger partial charge < -0.3 is 4.74 Å². The number of hydrogen-bond donors (Lipinski definition) is 0. The Bertz CT molecular complexity index is 414. The average Bonchev–Trinajstić information content (AvgIpc) is 2.69. The van der Waals surface area contributed by atoms with Gasteiger partial charge in [-0.25, -0.2) is 0 Å². The van der Waals surface area contributed by atoms with Crippen molar-refractivity contribution in [3.63, 3.8) is 0 Å². The fourth-order valence-electron chi connectivity index (χ4n) is 1.89. The number of Topliss-reactive ketones (excluding diaryl/α,β-unsaturated/α-hetero) is 1. The first-order valence-electron chi connectivity index (χ1n) is 5.60. The number of fused-ring (bicyclic) bond motifs is 1. The van der Waals surface area contributed by atoms with E-state index >= 15 is 0 Å². The summed E-state index contributed by atoms with van der Waals surface area (Å²) in [7, 11) is 0. The zero-order chi connectivity index (χ0) is 11.7. The summed E-state index contributed by atoms with van der Waals surface area (Å²) < 4.78 is 5.64. The topological polar surface area (TPSA) is 26.3 Å². The quantitative estimate of drug-likeness (QED) is 0.808. The Morgan fingerprint density at radius 3 is 3.06 bits per heavy atom. The largest absolute Gasteiger partial charge is 0.482 e. The second-order valence-electron chi connectivity index (χ2n) is 4.27. The highest BCUT2D eigenvalue weighted by Gasteiger charge is 2.31. The number of carbonyl (C=O) groups excluding carboxylic acids is 1. The van der Waals surface area contributed by atoms with Crippen molar-refractivity contribution in [2.24, 2.45) is 5.92 Å². The summed E-state index contributed by atoms with van der Waals surface area (Å²) in [6, 6.07) is 5.50. The fraction of sp³-hybridized carbons (Fsp3) is 0.462. The molecule has 0 saturated heterocycles. The predicted octanol–water partition coefficient (Wildman–Crippen LogP) is 3.26. The Morgan fingerprint density at radius 1 is 1.62 bits per heavy atom. The summed E-state index contributed by atoms with van der Waals surface area (Å²) in [4.78, 5) is 12.0. The minimum absolute atomic E-state index is 0.0646. The molecule has 2 unspecified atom stereocenters. The number of ether oxygens (including phenoxy) is 1. The van der Waals surface area contributed by atoms with Crippen molar-refractivity contribution < 1.29 is 9.53 Å². The average molecular weight is 239 g/mol. The van der Waals surface area contributed by atoms with Crippen molar-refractivity contribution in [1.29, 1.82) is 0 Å². The molecule has 86 valence electrons. The van der Waals surface area contributed by atoms with Gasteiger partial charge in [-0.2, -0.15) is 0 Å². The Morgan fingerprint density at radius 2 is 2.38 bits per heavy atom. The van der Waals surface area contributed by atoms with Gasteiger partial charge in [0.2, 0.25) is 0 Å². The van der Waals surface area contributed by atoms with Crippen molar-refractivity contribution in [3.8, 4) is 5.75 Å². The van der Waals surface area contributed by atoms with Gasteiger partial charge in [-0.05, 0) is 30.2 Å². The number of ketones is 1. The standard InChI is InChI=1S/C13H15ClO2/c1-3-8(2)13(15)12-7-9-6-10(14)4-5-11(9)16-12/h4-6,8,12H,3,7H2,1-2H3. The lowest BCUT2D eigenvalue weighted by Gasteiger charge is -2.13. The van der Waals surface area contributed by atoms with Crippen LogP contribution in [0.1, 0.15) is 25.8 Å². The third-order valence-electron chi connectivity index (χ3n) is 3.11. The van der Waals surface area contributed by atoms with E-state index in [0.717, 1.165) is 17.7 Å². The van der Waals surface area contributed by atoms with Gasteiger partial charge in [0.15, 0.2) is 11.9 Å². The maximum Gasteiger partial charge on any atom is 0.176 e. The summed E-state index contributed by atoms with van der Waals surface area (Å²) in [5.74, 6) is 1.05. The van der Waals surface area contributed by atoms with E-state index < -0.39 is 0 Å². The first-order chi connectivity index (χ1) is 7.61. The van der Waals surface area contributed by atoms with Crippen molar-refractivity contribution in [3.05, 3.63) is 28.8 Å². The lowest BCUT2D eigenvalue weighted by atomic mass is 9.96. The second-order valence-corrected chi connectivity index (χ2v) is 4.71. The predicted molar refractivity (Wildman–Crippen MR) is 64.0 cm³/mol. The van der Waals surface area contributed by atoms with Crippen LogP contribution in [0.4, 0.5) is 0 Å². The van der Waals surface area contributed by atoms with Gasteiger partial charge >= 0.3 is 0 Å². The van der Waals surface area contributed by atoms with E-state index in [0.29, 0.717) is 11.4 Å². The Kier molecular flexibility index (Phi) is 3.20. The molecule has 0 bridgehead atoms. The first-order valence-corrected chi connectivity index (χ1v) is 5.98. The third-order valence-corrected chi connectivity index (χ3v) is 3.35. The molecule has 1 aliphatic heterocycles. The van der Waals surface area contributed by atoms with Crippen LogP contribution < -0.4 is 4.74 Å². The molecule has 16 heavy (non-hydrogen) atoms. The van der Waals surface area contributed by atoms with Crippen molar-refractivity contribution in [2.45, 2.75) is 32.8 Å².